The predicted molar refractivity (Wildman–Crippen MR) is 61.6 cm³/mol. The van der Waals surface area contributed by atoms with Gasteiger partial charge in [0.15, 0.2) is 9.84 Å². The van der Waals surface area contributed by atoms with Crippen molar-refractivity contribution in [1.29, 1.82) is 0 Å². The van der Waals surface area contributed by atoms with Crippen molar-refractivity contribution in [2.45, 2.75) is 37.9 Å². The average Bonchev–Trinajstić information content (AvgIpc) is 2.21. The molecule has 0 aromatic carbocycles. The fourth-order valence-corrected chi connectivity index (χ4v) is 2.89. The molecule has 0 saturated heterocycles. The number of nitrogens with one attached hydrogen (secondary N) is 1. The third-order valence-electron chi connectivity index (χ3n) is 2.46. The van der Waals surface area contributed by atoms with E-state index in [0.717, 1.165) is 13.0 Å². The van der Waals surface area contributed by atoms with E-state index in [1.807, 2.05) is 7.05 Å². The second-order valence-electron chi connectivity index (χ2n) is 3.82. The number of hydrogen-bond donors (Lipinski definition) is 1. The lowest BCUT2D eigenvalue weighted by Crippen LogP contribution is -2.22. The van der Waals surface area contributed by atoms with E-state index >= 15 is 0 Å². The van der Waals surface area contributed by atoms with Gasteiger partial charge in [-0.3, -0.25) is 4.39 Å². The lowest BCUT2D eigenvalue weighted by Gasteiger charge is -2.11. The first kappa shape index (κ1) is 14.8. The highest BCUT2D eigenvalue weighted by Crippen LogP contribution is 2.11. The number of unbranched alkanes of at least 4 members (excludes halogenated alkanes) is 1. The first-order valence-electron chi connectivity index (χ1n) is 5.46. The van der Waals surface area contributed by atoms with Gasteiger partial charge in [0.1, 0.15) is 0 Å². The molecule has 0 aliphatic carbocycles. The minimum Gasteiger partial charge on any atom is -0.320 e. The molecule has 0 spiro atoms. The second kappa shape index (κ2) is 8.05. The van der Waals surface area contributed by atoms with Gasteiger partial charge in [-0.25, -0.2) is 8.42 Å². The Morgan fingerprint density at radius 3 is 2.47 bits per heavy atom. The van der Waals surface area contributed by atoms with Crippen LogP contribution in [0.15, 0.2) is 0 Å². The van der Waals surface area contributed by atoms with Crippen LogP contribution >= 0.6 is 0 Å². The maximum Gasteiger partial charge on any atom is 0.152 e. The Kier molecular flexibility index (Phi) is 7.96. The number of halogens is 1. The van der Waals surface area contributed by atoms with E-state index in [-0.39, 0.29) is 5.75 Å². The smallest absolute Gasteiger partial charge is 0.152 e. The molecule has 0 aromatic rings. The molecule has 0 rings (SSSR count). The highest BCUT2D eigenvalue weighted by atomic mass is 32.2. The lowest BCUT2D eigenvalue weighted by atomic mass is 10.3. The second-order valence-corrected chi connectivity index (χ2v) is 6.36. The highest BCUT2D eigenvalue weighted by Gasteiger charge is 2.19. The number of hydrogen-bond acceptors (Lipinski definition) is 3. The van der Waals surface area contributed by atoms with Crippen LogP contribution in [0.5, 0.6) is 0 Å². The summed E-state index contributed by atoms with van der Waals surface area (Å²) in [6.45, 7) is 2.08. The summed E-state index contributed by atoms with van der Waals surface area (Å²) in [6, 6.07) is 0. The van der Waals surface area contributed by atoms with Gasteiger partial charge in [-0.1, -0.05) is 0 Å². The summed E-state index contributed by atoms with van der Waals surface area (Å²) in [5.41, 5.74) is 0. The Bertz CT molecular complexity index is 242. The summed E-state index contributed by atoms with van der Waals surface area (Å²) >= 11 is 0. The van der Waals surface area contributed by atoms with Crippen molar-refractivity contribution in [3.8, 4) is 0 Å². The summed E-state index contributed by atoms with van der Waals surface area (Å²) in [6.07, 6.45) is 2.33. The minimum atomic E-state index is -3.01. The first-order chi connectivity index (χ1) is 7.04. The van der Waals surface area contributed by atoms with E-state index < -0.39 is 21.8 Å². The van der Waals surface area contributed by atoms with Crippen molar-refractivity contribution >= 4 is 9.84 Å². The summed E-state index contributed by atoms with van der Waals surface area (Å²) in [7, 11) is -1.16. The van der Waals surface area contributed by atoms with Crippen molar-refractivity contribution < 1.29 is 12.8 Å². The topological polar surface area (TPSA) is 46.2 Å². The number of alkyl halides is 1. The van der Waals surface area contributed by atoms with E-state index in [0.29, 0.717) is 19.3 Å². The maximum absolute atomic E-state index is 11.9. The third-order valence-corrected chi connectivity index (χ3v) is 4.78. The van der Waals surface area contributed by atoms with E-state index in [9.17, 15) is 12.8 Å². The van der Waals surface area contributed by atoms with Crippen LogP contribution in [0.1, 0.15) is 32.6 Å². The molecule has 0 aliphatic heterocycles. The van der Waals surface area contributed by atoms with Crippen molar-refractivity contribution in [1.82, 2.24) is 5.32 Å². The average molecular weight is 239 g/mol. The van der Waals surface area contributed by atoms with Crippen molar-refractivity contribution in [2.24, 2.45) is 0 Å². The molecule has 0 fully saturated rings. The van der Waals surface area contributed by atoms with Gasteiger partial charge < -0.3 is 5.32 Å². The zero-order chi connectivity index (χ0) is 11.7. The predicted octanol–water partition coefficient (Wildman–Crippen LogP) is 1.54. The Hall–Kier alpha value is -0.160. The quantitative estimate of drug-likeness (QED) is 0.621. The van der Waals surface area contributed by atoms with Crippen LogP contribution in [-0.2, 0) is 9.84 Å². The van der Waals surface area contributed by atoms with Gasteiger partial charge in [0.25, 0.3) is 0 Å². The molecular weight excluding hydrogens is 217 g/mol. The maximum atomic E-state index is 11.9. The van der Waals surface area contributed by atoms with Crippen LogP contribution in [-0.4, -0.2) is 39.7 Å². The zero-order valence-corrected chi connectivity index (χ0v) is 10.4. The molecule has 0 saturated carbocycles. The van der Waals surface area contributed by atoms with Crippen LogP contribution in [0.4, 0.5) is 4.39 Å². The number of sulfone groups is 1. The van der Waals surface area contributed by atoms with Gasteiger partial charge in [0.05, 0.1) is 17.7 Å². The largest absolute Gasteiger partial charge is 0.320 e. The third kappa shape index (κ3) is 6.84. The fraction of sp³-hybridized carbons (Fsp3) is 1.00. The Balaban J connectivity index is 3.84. The standard InChI is InChI=1S/C10H22FNO2S/c1-10(6-5-7-11)15(13,14)9-4-3-8-12-2/h10,12H,3-9H2,1-2H3. The summed E-state index contributed by atoms with van der Waals surface area (Å²) in [5.74, 6) is 0.224. The van der Waals surface area contributed by atoms with Crippen LogP contribution in [0.3, 0.4) is 0 Å². The van der Waals surface area contributed by atoms with Crippen molar-refractivity contribution in [3.63, 3.8) is 0 Å². The fourth-order valence-electron chi connectivity index (χ4n) is 1.35. The molecule has 0 aromatic heterocycles. The SMILES string of the molecule is CNCCCCS(=O)(=O)C(C)CCCF. The Morgan fingerprint density at radius 2 is 1.93 bits per heavy atom. The Labute approximate surface area is 92.4 Å². The van der Waals surface area contributed by atoms with Crippen molar-refractivity contribution in [3.05, 3.63) is 0 Å². The molecule has 0 aliphatic rings. The molecule has 0 radical (unpaired) electrons. The summed E-state index contributed by atoms with van der Waals surface area (Å²) in [5, 5.41) is 2.57. The van der Waals surface area contributed by atoms with Crippen LogP contribution in [0, 0.1) is 0 Å². The van der Waals surface area contributed by atoms with Crippen molar-refractivity contribution in [2.75, 3.05) is 26.0 Å². The molecule has 0 amide bonds. The Morgan fingerprint density at radius 1 is 1.27 bits per heavy atom. The molecule has 1 unspecified atom stereocenters. The van der Waals surface area contributed by atoms with Gasteiger partial charge >= 0.3 is 0 Å². The molecule has 0 bridgehead atoms. The lowest BCUT2D eigenvalue weighted by molar-refractivity contribution is 0.457. The van der Waals surface area contributed by atoms with Crippen LogP contribution in [0.2, 0.25) is 0 Å². The molecular formula is C10H22FNO2S. The summed E-state index contributed by atoms with van der Waals surface area (Å²) in [4.78, 5) is 0. The monoisotopic (exact) mass is 239 g/mol. The van der Waals surface area contributed by atoms with Crippen LogP contribution < -0.4 is 5.32 Å². The molecule has 92 valence electrons. The molecule has 1 N–H and O–H groups in total. The molecule has 0 heterocycles. The van der Waals surface area contributed by atoms with Gasteiger partial charge in [-0.15, -0.1) is 0 Å². The van der Waals surface area contributed by atoms with Gasteiger partial charge in [-0.2, -0.15) is 0 Å². The molecule has 15 heavy (non-hydrogen) atoms. The van der Waals surface area contributed by atoms with E-state index in [4.69, 9.17) is 0 Å². The molecule has 1 atom stereocenters. The minimum absolute atomic E-state index is 0.224. The molecule has 3 nitrogen and oxygen atoms in total. The van der Waals surface area contributed by atoms with Gasteiger partial charge in [-0.05, 0) is 46.2 Å². The van der Waals surface area contributed by atoms with E-state index in [2.05, 4.69) is 5.32 Å². The van der Waals surface area contributed by atoms with Gasteiger partial charge in [0, 0.05) is 0 Å². The number of rotatable bonds is 9. The normalized spacial score (nSPS) is 14.1. The highest BCUT2D eigenvalue weighted by molar-refractivity contribution is 7.91. The first-order valence-corrected chi connectivity index (χ1v) is 7.18. The molecule has 5 heteroatoms. The zero-order valence-electron chi connectivity index (χ0n) is 9.63. The van der Waals surface area contributed by atoms with E-state index in [1.165, 1.54) is 0 Å². The van der Waals surface area contributed by atoms with E-state index in [1.54, 1.807) is 6.92 Å². The van der Waals surface area contributed by atoms with Gasteiger partial charge in [0.2, 0.25) is 0 Å². The van der Waals surface area contributed by atoms with Crippen LogP contribution in [0.25, 0.3) is 0 Å². The summed E-state index contributed by atoms with van der Waals surface area (Å²) < 4.78 is 35.2.